The van der Waals surface area contributed by atoms with Crippen LogP contribution in [-0.4, -0.2) is 33.4 Å². The Bertz CT molecular complexity index is 1310. The van der Waals surface area contributed by atoms with Crippen LogP contribution in [0.3, 0.4) is 0 Å². The number of likely N-dealkylation sites (tertiary alicyclic amines) is 1. The van der Waals surface area contributed by atoms with Gasteiger partial charge in [0.1, 0.15) is 0 Å². The monoisotopic (exact) mass is 453 g/mol. The van der Waals surface area contributed by atoms with Gasteiger partial charge in [-0.05, 0) is 35.6 Å². The van der Waals surface area contributed by atoms with Crippen molar-refractivity contribution < 1.29 is 9.72 Å². The van der Waals surface area contributed by atoms with Gasteiger partial charge in [-0.2, -0.15) is 0 Å². The second-order valence-electron chi connectivity index (χ2n) is 8.91. The molecule has 1 amide bonds. The van der Waals surface area contributed by atoms with E-state index < -0.39 is 0 Å². The standard InChI is InChI=1S/C28H27N3O3/c32-28(29-15-7-8-16-29)18-24(22-11-5-2-6-12-22)26-20-30(19-21-9-3-1-4-10-21)27-14-13-23(31(33)34)17-25(26)27/h1-6,9-14,17,20,24H,7-8,15-16,18-19H2. The summed E-state index contributed by atoms with van der Waals surface area (Å²) in [6.45, 7) is 2.26. The molecule has 0 bridgehead atoms. The van der Waals surface area contributed by atoms with Crippen LogP contribution in [0.15, 0.2) is 85.1 Å². The third kappa shape index (κ3) is 4.44. The van der Waals surface area contributed by atoms with E-state index in [0.29, 0.717) is 13.0 Å². The van der Waals surface area contributed by atoms with Crippen LogP contribution in [0.4, 0.5) is 5.69 Å². The quantitative estimate of drug-likeness (QED) is 0.265. The number of rotatable bonds is 7. The second kappa shape index (κ2) is 9.51. The molecule has 1 aromatic heterocycles. The molecule has 1 atom stereocenters. The minimum atomic E-state index is -0.356. The Morgan fingerprint density at radius 1 is 0.941 bits per heavy atom. The van der Waals surface area contributed by atoms with Crippen LogP contribution in [0.25, 0.3) is 10.9 Å². The van der Waals surface area contributed by atoms with Crippen LogP contribution >= 0.6 is 0 Å². The highest BCUT2D eigenvalue weighted by Crippen LogP contribution is 2.37. The summed E-state index contributed by atoms with van der Waals surface area (Å²) in [6, 6.07) is 25.2. The van der Waals surface area contributed by atoms with Gasteiger partial charge in [0.05, 0.1) is 4.92 Å². The average Bonchev–Trinajstić information content (AvgIpc) is 3.52. The number of carbonyl (C=O) groups is 1. The zero-order chi connectivity index (χ0) is 23.5. The summed E-state index contributed by atoms with van der Waals surface area (Å²) < 4.78 is 2.14. The van der Waals surface area contributed by atoms with Gasteiger partial charge in [-0.15, -0.1) is 0 Å². The van der Waals surface area contributed by atoms with Gasteiger partial charge in [0.25, 0.3) is 5.69 Å². The predicted molar refractivity (Wildman–Crippen MR) is 133 cm³/mol. The number of fused-ring (bicyclic) bond motifs is 1. The number of nitro benzene ring substituents is 1. The molecule has 34 heavy (non-hydrogen) atoms. The summed E-state index contributed by atoms with van der Waals surface area (Å²) in [7, 11) is 0. The third-order valence-electron chi connectivity index (χ3n) is 6.72. The minimum Gasteiger partial charge on any atom is -0.343 e. The first-order chi connectivity index (χ1) is 16.6. The van der Waals surface area contributed by atoms with Crippen molar-refractivity contribution in [2.75, 3.05) is 13.1 Å². The molecule has 0 saturated carbocycles. The molecule has 1 aliphatic heterocycles. The van der Waals surface area contributed by atoms with Gasteiger partial charge in [0, 0.05) is 61.2 Å². The van der Waals surface area contributed by atoms with E-state index in [1.165, 1.54) is 0 Å². The Balaban J connectivity index is 1.63. The minimum absolute atomic E-state index is 0.0592. The average molecular weight is 454 g/mol. The molecule has 3 aromatic carbocycles. The number of amides is 1. The lowest BCUT2D eigenvalue weighted by molar-refractivity contribution is -0.384. The fraction of sp³-hybridized carbons (Fsp3) is 0.250. The number of benzene rings is 3. The highest BCUT2D eigenvalue weighted by atomic mass is 16.6. The predicted octanol–water partition coefficient (Wildman–Crippen LogP) is 5.74. The van der Waals surface area contributed by atoms with Crippen molar-refractivity contribution in [2.24, 2.45) is 0 Å². The van der Waals surface area contributed by atoms with Crippen LogP contribution in [-0.2, 0) is 11.3 Å². The Labute approximate surface area is 198 Å². The first-order valence-electron chi connectivity index (χ1n) is 11.7. The van der Waals surface area contributed by atoms with Crippen molar-refractivity contribution in [1.82, 2.24) is 9.47 Å². The molecule has 6 heteroatoms. The Kier molecular flexibility index (Phi) is 6.12. The van der Waals surface area contributed by atoms with E-state index >= 15 is 0 Å². The molecule has 4 aromatic rings. The van der Waals surface area contributed by atoms with Gasteiger partial charge in [-0.3, -0.25) is 14.9 Å². The molecule has 5 rings (SSSR count). The summed E-state index contributed by atoms with van der Waals surface area (Å²) in [5.74, 6) is -0.0448. The maximum absolute atomic E-state index is 13.2. The fourth-order valence-corrected chi connectivity index (χ4v) is 4.98. The molecule has 6 nitrogen and oxygen atoms in total. The lowest BCUT2D eigenvalue weighted by atomic mass is 9.87. The van der Waals surface area contributed by atoms with Gasteiger partial charge in [-0.25, -0.2) is 0 Å². The molecule has 0 aliphatic carbocycles. The molecular formula is C28H27N3O3. The Morgan fingerprint density at radius 2 is 1.62 bits per heavy atom. The molecular weight excluding hydrogens is 426 g/mol. The summed E-state index contributed by atoms with van der Waals surface area (Å²) in [5.41, 5.74) is 4.13. The number of hydrogen-bond acceptors (Lipinski definition) is 3. The Morgan fingerprint density at radius 3 is 2.29 bits per heavy atom. The summed E-state index contributed by atoms with van der Waals surface area (Å²) in [5, 5.41) is 12.4. The highest BCUT2D eigenvalue weighted by molar-refractivity contribution is 5.88. The van der Waals surface area contributed by atoms with Crippen LogP contribution in [0.5, 0.6) is 0 Å². The van der Waals surface area contributed by atoms with Crippen molar-refractivity contribution in [3.8, 4) is 0 Å². The number of non-ortho nitro benzene ring substituents is 1. The summed E-state index contributed by atoms with van der Waals surface area (Å²) in [4.78, 5) is 26.4. The number of hydrogen-bond donors (Lipinski definition) is 0. The topological polar surface area (TPSA) is 68.4 Å². The van der Waals surface area contributed by atoms with Crippen molar-refractivity contribution in [1.29, 1.82) is 0 Å². The van der Waals surface area contributed by atoms with Crippen LogP contribution in [0, 0.1) is 10.1 Å². The fourth-order valence-electron chi connectivity index (χ4n) is 4.98. The van der Waals surface area contributed by atoms with Gasteiger partial charge in [0.15, 0.2) is 0 Å². The Hall–Kier alpha value is -3.93. The normalized spacial score (nSPS) is 14.4. The smallest absolute Gasteiger partial charge is 0.270 e. The maximum atomic E-state index is 13.2. The molecule has 1 aliphatic rings. The summed E-state index contributed by atoms with van der Waals surface area (Å²) >= 11 is 0. The number of aromatic nitrogens is 1. The first-order valence-corrected chi connectivity index (χ1v) is 11.7. The van der Waals surface area contributed by atoms with Crippen LogP contribution in [0.2, 0.25) is 0 Å². The van der Waals surface area contributed by atoms with E-state index in [0.717, 1.165) is 53.5 Å². The third-order valence-corrected chi connectivity index (χ3v) is 6.72. The second-order valence-corrected chi connectivity index (χ2v) is 8.91. The number of carbonyl (C=O) groups excluding carboxylic acids is 1. The van der Waals surface area contributed by atoms with Crippen molar-refractivity contribution in [3.63, 3.8) is 0 Å². The molecule has 0 radical (unpaired) electrons. The van der Waals surface area contributed by atoms with E-state index in [1.807, 2.05) is 59.5 Å². The lowest BCUT2D eigenvalue weighted by Crippen LogP contribution is -2.29. The number of nitrogens with zero attached hydrogens (tertiary/aromatic N) is 3. The SMILES string of the molecule is O=C(CC(c1ccccc1)c1cn(Cc2ccccc2)c2ccc([N+](=O)[O-])cc12)N1CCCC1. The van der Waals surface area contributed by atoms with Gasteiger partial charge >= 0.3 is 0 Å². The van der Waals surface area contributed by atoms with E-state index in [-0.39, 0.29) is 22.4 Å². The molecule has 2 heterocycles. The zero-order valence-corrected chi connectivity index (χ0v) is 19.0. The van der Waals surface area contributed by atoms with E-state index in [2.05, 4.69) is 22.9 Å². The molecule has 172 valence electrons. The molecule has 0 spiro atoms. The molecule has 1 fully saturated rings. The summed E-state index contributed by atoms with van der Waals surface area (Å²) in [6.07, 6.45) is 4.52. The van der Waals surface area contributed by atoms with Gasteiger partial charge in [0.2, 0.25) is 5.91 Å². The molecule has 1 unspecified atom stereocenters. The zero-order valence-electron chi connectivity index (χ0n) is 19.0. The van der Waals surface area contributed by atoms with Crippen molar-refractivity contribution >= 4 is 22.5 Å². The molecule has 1 saturated heterocycles. The van der Waals surface area contributed by atoms with Gasteiger partial charge in [-0.1, -0.05) is 60.7 Å². The van der Waals surface area contributed by atoms with Gasteiger partial charge < -0.3 is 9.47 Å². The van der Waals surface area contributed by atoms with Crippen LogP contribution < -0.4 is 0 Å². The number of nitro groups is 1. The van der Waals surface area contributed by atoms with Crippen LogP contribution in [0.1, 0.15) is 41.9 Å². The van der Waals surface area contributed by atoms with Crippen molar-refractivity contribution in [3.05, 3.63) is 112 Å². The maximum Gasteiger partial charge on any atom is 0.270 e. The lowest BCUT2D eigenvalue weighted by Gasteiger charge is -2.21. The highest BCUT2D eigenvalue weighted by Gasteiger charge is 2.27. The van der Waals surface area contributed by atoms with Crippen molar-refractivity contribution in [2.45, 2.75) is 31.7 Å². The largest absolute Gasteiger partial charge is 0.343 e. The molecule has 0 N–H and O–H groups in total. The van der Waals surface area contributed by atoms with E-state index in [1.54, 1.807) is 12.1 Å². The van der Waals surface area contributed by atoms with E-state index in [9.17, 15) is 14.9 Å². The first kappa shape index (κ1) is 21.9. The van der Waals surface area contributed by atoms with E-state index in [4.69, 9.17) is 0 Å².